The zero-order chi connectivity index (χ0) is 15.4. The Kier molecular flexibility index (Phi) is 5.55. The average molecular weight is 341 g/mol. The number of rotatable bonds is 5. The number of hydrogen-bond donors (Lipinski definition) is 0. The third kappa shape index (κ3) is 3.93. The molecule has 1 amide bonds. The molecule has 4 nitrogen and oxygen atoms in total. The number of thiocarbonyl (C=S) groups is 1. The Balaban J connectivity index is 2.08. The lowest BCUT2D eigenvalue weighted by atomic mass is 10.2. The van der Waals surface area contributed by atoms with Crippen molar-refractivity contribution in [2.45, 2.75) is 20.3 Å². The second kappa shape index (κ2) is 7.20. The molecular weight excluding hydrogens is 326 g/mol. The summed E-state index contributed by atoms with van der Waals surface area (Å²) in [6, 6.07) is 2.00. The first-order chi connectivity index (χ1) is 10.0. The van der Waals surface area contributed by atoms with Gasteiger partial charge >= 0.3 is 5.97 Å². The molecule has 0 bridgehead atoms. The number of amides is 1. The van der Waals surface area contributed by atoms with Crippen LogP contribution in [0.2, 0.25) is 0 Å². The lowest BCUT2D eigenvalue weighted by Crippen LogP contribution is -2.34. The van der Waals surface area contributed by atoms with Crippen LogP contribution in [0.25, 0.3) is 6.08 Å². The molecule has 0 atom stereocenters. The second-order valence-corrected chi connectivity index (χ2v) is 7.08. The molecule has 7 heteroatoms. The first-order valence-electron chi connectivity index (χ1n) is 6.48. The van der Waals surface area contributed by atoms with Gasteiger partial charge in [0, 0.05) is 4.88 Å². The average Bonchev–Trinajstić information content (AvgIpc) is 2.96. The highest BCUT2D eigenvalue weighted by Crippen LogP contribution is 2.33. The summed E-state index contributed by atoms with van der Waals surface area (Å²) in [5, 5.41) is 1.98. The minimum atomic E-state index is -0.429. The molecular formula is C14H15NO3S3. The van der Waals surface area contributed by atoms with E-state index >= 15 is 0 Å². The van der Waals surface area contributed by atoms with Crippen molar-refractivity contribution in [2.24, 2.45) is 0 Å². The Bertz CT molecular complexity index is 606. The Morgan fingerprint density at radius 1 is 1.52 bits per heavy atom. The largest absolute Gasteiger partial charge is 0.464 e. The summed E-state index contributed by atoms with van der Waals surface area (Å²) >= 11 is 7.97. The molecule has 21 heavy (non-hydrogen) atoms. The van der Waals surface area contributed by atoms with E-state index in [1.807, 2.05) is 31.4 Å². The van der Waals surface area contributed by atoms with Crippen LogP contribution in [0.3, 0.4) is 0 Å². The highest BCUT2D eigenvalue weighted by Gasteiger charge is 2.33. The minimum Gasteiger partial charge on any atom is -0.464 e. The maximum atomic E-state index is 12.3. The molecule has 0 radical (unpaired) electrons. The Labute approximate surface area is 137 Å². The molecule has 0 aliphatic carbocycles. The molecule has 1 aliphatic heterocycles. The molecule has 1 aromatic heterocycles. The van der Waals surface area contributed by atoms with Gasteiger partial charge in [0.25, 0.3) is 5.91 Å². The van der Waals surface area contributed by atoms with Gasteiger partial charge in [0.05, 0.1) is 11.5 Å². The van der Waals surface area contributed by atoms with E-state index in [2.05, 4.69) is 0 Å². The molecule has 0 N–H and O–H groups in total. The van der Waals surface area contributed by atoms with Crippen LogP contribution in [0.1, 0.15) is 23.8 Å². The summed E-state index contributed by atoms with van der Waals surface area (Å²) in [5.41, 5.74) is 1.12. The van der Waals surface area contributed by atoms with E-state index in [1.165, 1.54) is 16.7 Å². The van der Waals surface area contributed by atoms with Gasteiger partial charge in [-0.25, -0.2) is 0 Å². The fraction of sp³-hybridized carbons (Fsp3) is 0.357. The Hall–Kier alpha value is -1.18. The quantitative estimate of drug-likeness (QED) is 0.467. The predicted molar refractivity (Wildman–Crippen MR) is 90.2 cm³/mol. The summed E-state index contributed by atoms with van der Waals surface area (Å²) in [6.45, 7) is 4.15. The molecule has 2 rings (SSSR count). The minimum absolute atomic E-state index is 0.120. The number of thioether (sulfide) groups is 1. The molecule has 0 unspecified atom stereocenters. The number of carbonyl (C=O) groups excluding carboxylic acids is 2. The summed E-state index contributed by atoms with van der Waals surface area (Å²) in [7, 11) is 0. The number of aryl methyl sites for hydroxylation is 1. The number of ether oxygens (including phenoxy) is 1. The van der Waals surface area contributed by atoms with Crippen LogP contribution in [0.15, 0.2) is 16.4 Å². The highest BCUT2D eigenvalue weighted by molar-refractivity contribution is 8.26. The highest BCUT2D eigenvalue weighted by atomic mass is 32.2. The number of thiophene rings is 1. The molecule has 112 valence electrons. The normalized spacial score (nSPS) is 16.9. The van der Waals surface area contributed by atoms with Gasteiger partial charge in [0.15, 0.2) is 0 Å². The van der Waals surface area contributed by atoms with Crippen molar-refractivity contribution in [1.29, 1.82) is 0 Å². The Morgan fingerprint density at radius 3 is 2.90 bits per heavy atom. The van der Waals surface area contributed by atoms with Crippen molar-refractivity contribution in [3.63, 3.8) is 0 Å². The van der Waals surface area contributed by atoms with E-state index in [0.717, 1.165) is 16.9 Å². The van der Waals surface area contributed by atoms with E-state index in [9.17, 15) is 9.59 Å². The van der Waals surface area contributed by atoms with Crippen LogP contribution in [-0.4, -0.2) is 34.2 Å². The van der Waals surface area contributed by atoms with E-state index in [0.29, 0.717) is 15.8 Å². The van der Waals surface area contributed by atoms with Gasteiger partial charge in [-0.1, -0.05) is 30.9 Å². The molecule has 0 aromatic carbocycles. The molecule has 0 spiro atoms. The molecule has 1 saturated heterocycles. The Morgan fingerprint density at radius 2 is 2.29 bits per heavy atom. The third-order valence-electron chi connectivity index (χ3n) is 2.79. The van der Waals surface area contributed by atoms with E-state index in [4.69, 9.17) is 17.0 Å². The van der Waals surface area contributed by atoms with Crippen molar-refractivity contribution in [2.75, 3.05) is 13.2 Å². The van der Waals surface area contributed by atoms with Crippen LogP contribution in [0, 0.1) is 6.92 Å². The van der Waals surface area contributed by atoms with Gasteiger partial charge in [0.2, 0.25) is 0 Å². The topological polar surface area (TPSA) is 46.6 Å². The number of esters is 1. The first-order valence-corrected chi connectivity index (χ1v) is 8.58. The van der Waals surface area contributed by atoms with E-state index in [-0.39, 0.29) is 12.5 Å². The van der Waals surface area contributed by atoms with Crippen LogP contribution in [0.4, 0.5) is 0 Å². The van der Waals surface area contributed by atoms with Crippen molar-refractivity contribution >= 4 is 57.6 Å². The van der Waals surface area contributed by atoms with Crippen LogP contribution in [0.5, 0.6) is 0 Å². The summed E-state index contributed by atoms with van der Waals surface area (Å²) < 4.78 is 5.39. The fourth-order valence-corrected chi connectivity index (χ4v) is 3.85. The molecule has 1 aromatic rings. The number of nitrogens with zero attached hydrogens (tertiary/aromatic N) is 1. The number of carbonyl (C=O) groups is 2. The summed E-state index contributed by atoms with van der Waals surface area (Å²) in [5.74, 6) is -0.659. The van der Waals surface area contributed by atoms with Crippen molar-refractivity contribution in [3.05, 3.63) is 26.8 Å². The third-order valence-corrected chi connectivity index (χ3v) is 5.14. The zero-order valence-electron chi connectivity index (χ0n) is 11.8. The predicted octanol–water partition coefficient (Wildman–Crippen LogP) is 3.21. The molecule has 2 heterocycles. The van der Waals surface area contributed by atoms with Gasteiger partial charge in [-0.05, 0) is 36.4 Å². The fourth-order valence-electron chi connectivity index (χ4n) is 1.68. The van der Waals surface area contributed by atoms with Crippen LogP contribution in [-0.2, 0) is 14.3 Å². The monoisotopic (exact) mass is 341 g/mol. The van der Waals surface area contributed by atoms with Gasteiger partial charge in [-0.2, -0.15) is 0 Å². The maximum Gasteiger partial charge on any atom is 0.326 e. The standard InChI is InChI=1S/C14H15NO3S3/c1-3-5-18-12(16)8-15-13(17)11(21-14(15)19)7-10-9(2)4-6-20-10/h4,6-7H,3,5,8H2,1-2H3. The molecule has 0 saturated carbocycles. The van der Waals surface area contributed by atoms with Crippen molar-refractivity contribution in [3.8, 4) is 0 Å². The van der Waals surface area contributed by atoms with Gasteiger partial charge < -0.3 is 4.74 Å². The van der Waals surface area contributed by atoms with Gasteiger partial charge in [-0.15, -0.1) is 11.3 Å². The van der Waals surface area contributed by atoms with Crippen molar-refractivity contribution in [1.82, 2.24) is 4.90 Å². The SMILES string of the molecule is CCCOC(=O)CN1C(=O)C(=Cc2sccc2C)SC1=S. The second-order valence-electron chi connectivity index (χ2n) is 4.46. The van der Waals surface area contributed by atoms with Crippen LogP contribution < -0.4 is 0 Å². The van der Waals surface area contributed by atoms with Gasteiger partial charge in [0.1, 0.15) is 10.9 Å². The van der Waals surface area contributed by atoms with Crippen molar-refractivity contribution < 1.29 is 14.3 Å². The zero-order valence-corrected chi connectivity index (χ0v) is 14.2. The number of hydrogen-bond acceptors (Lipinski definition) is 6. The smallest absolute Gasteiger partial charge is 0.326 e. The molecule has 1 aliphatic rings. The lowest BCUT2D eigenvalue weighted by molar-refractivity contribution is -0.146. The van der Waals surface area contributed by atoms with E-state index in [1.54, 1.807) is 11.3 Å². The van der Waals surface area contributed by atoms with Crippen LogP contribution >= 0.6 is 35.3 Å². The first kappa shape index (κ1) is 16.2. The van der Waals surface area contributed by atoms with E-state index < -0.39 is 5.97 Å². The summed E-state index contributed by atoms with van der Waals surface area (Å²) in [4.78, 5) is 26.8. The summed E-state index contributed by atoms with van der Waals surface area (Å²) in [6.07, 6.45) is 2.58. The molecule has 1 fully saturated rings. The van der Waals surface area contributed by atoms with Gasteiger partial charge in [-0.3, -0.25) is 14.5 Å². The maximum absolute atomic E-state index is 12.3. The lowest BCUT2D eigenvalue weighted by Gasteiger charge is -2.13.